The summed E-state index contributed by atoms with van der Waals surface area (Å²) in [4.78, 5) is 11.8. The van der Waals surface area contributed by atoms with E-state index in [1.54, 1.807) is 6.92 Å². The average Bonchev–Trinajstić information content (AvgIpc) is 2.48. The van der Waals surface area contributed by atoms with Crippen LogP contribution in [-0.2, 0) is 0 Å². The van der Waals surface area contributed by atoms with Crippen molar-refractivity contribution in [2.45, 2.75) is 32.7 Å². The van der Waals surface area contributed by atoms with E-state index in [1.165, 1.54) is 0 Å². The lowest BCUT2D eigenvalue weighted by atomic mass is 9.75. The molecule has 0 aliphatic heterocycles. The van der Waals surface area contributed by atoms with Gasteiger partial charge in [-0.05, 0) is 17.9 Å². The second kappa shape index (κ2) is 8.00. The quantitative estimate of drug-likeness (QED) is 0.614. The average molecular weight is 294 g/mol. The van der Waals surface area contributed by atoms with E-state index in [2.05, 4.69) is 10.6 Å². The summed E-state index contributed by atoms with van der Waals surface area (Å²) in [5.74, 6) is -0.00103. The van der Waals surface area contributed by atoms with Crippen molar-refractivity contribution in [2.24, 2.45) is 5.41 Å². The highest BCUT2D eigenvalue weighted by Gasteiger charge is 2.30. The number of aliphatic hydroxyl groups excluding tert-OH is 2. The number of rotatable bonds is 7. The van der Waals surface area contributed by atoms with Gasteiger partial charge in [-0.15, -0.1) is 0 Å². The zero-order valence-electron chi connectivity index (χ0n) is 13.0. The van der Waals surface area contributed by atoms with Gasteiger partial charge in [0.15, 0.2) is 0 Å². The molecule has 0 heterocycles. The van der Waals surface area contributed by atoms with Crippen LogP contribution < -0.4 is 10.6 Å². The third kappa shape index (κ3) is 5.36. The van der Waals surface area contributed by atoms with Gasteiger partial charge in [-0.3, -0.25) is 0 Å². The van der Waals surface area contributed by atoms with Crippen LogP contribution in [-0.4, -0.2) is 42.0 Å². The summed E-state index contributed by atoms with van der Waals surface area (Å²) >= 11 is 0. The van der Waals surface area contributed by atoms with Crippen molar-refractivity contribution in [1.29, 1.82) is 0 Å². The lowest BCUT2D eigenvalue weighted by molar-refractivity contribution is 0.129. The van der Waals surface area contributed by atoms with E-state index in [-0.39, 0.29) is 36.6 Å². The van der Waals surface area contributed by atoms with Crippen molar-refractivity contribution >= 4 is 6.03 Å². The Bertz CT molecular complexity index is 434. The fraction of sp³-hybridized carbons (Fsp3) is 0.562. The second-order valence-corrected chi connectivity index (χ2v) is 6.05. The SMILES string of the molecule is C[C@@H](CO)NC(=O)NCC(c1ccccc1)C(C)(C)CO. The molecule has 21 heavy (non-hydrogen) atoms. The van der Waals surface area contributed by atoms with Crippen molar-refractivity contribution in [1.82, 2.24) is 10.6 Å². The Morgan fingerprint density at radius 1 is 1.24 bits per heavy atom. The maximum atomic E-state index is 11.8. The van der Waals surface area contributed by atoms with Gasteiger partial charge in [-0.2, -0.15) is 0 Å². The lowest BCUT2D eigenvalue weighted by Crippen LogP contribution is -2.45. The minimum absolute atomic E-state index is 0.00103. The van der Waals surface area contributed by atoms with Gasteiger partial charge >= 0.3 is 6.03 Å². The van der Waals surface area contributed by atoms with Crippen molar-refractivity contribution in [2.75, 3.05) is 19.8 Å². The van der Waals surface area contributed by atoms with Crippen LogP contribution in [0.2, 0.25) is 0 Å². The molecule has 2 amide bonds. The van der Waals surface area contributed by atoms with Crippen molar-refractivity contribution < 1.29 is 15.0 Å². The lowest BCUT2D eigenvalue weighted by Gasteiger charge is -2.33. The van der Waals surface area contributed by atoms with Crippen LogP contribution in [0.5, 0.6) is 0 Å². The summed E-state index contributed by atoms with van der Waals surface area (Å²) in [6.45, 7) is 6.02. The largest absolute Gasteiger partial charge is 0.396 e. The predicted molar refractivity (Wildman–Crippen MR) is 83.1 cm³/mol. The molecule has 0 aliphatic carbocycles. The van der Waals surface area contributed by atoms with E-state index in [9.17, 15) is 9.90 Å². The summed E-state index contributed by atoms with van der Waals surface area (Å²) in [7, 11) is 0. The van der Waals surface area contributed by atoms with E-state index < -0.39 is 0 Å². The highest BCUT2D eigenvalue weighted by molar-refractivity contribution is 5.74. The Hall–Kier alpha value is -1.59. The molecule has 5 nitrogen and oxygen atoms in total. The molecule has 0 saturated carbocycles. The van der Waals surface area contributed by atoms with Crippen LogP contribution in [0.1, 0.15) is 32.3 Å². The van der Waals surface area contributed by atoms with E-state index in [0.717, 1.165) is 5.56 Å². The van der Waals surface area contributed by atoms with Gasteiger partial charge in [0.25, 0.3) is 0 Å². The first-order valence-electron chi connectivity index (χ1n) is 7.21. The van der Waals surface area contributed by atoms with Crippen LogP contribution in [0.3, 0.4) is 0 Å². The molecular formula is C16H26N2O3. The van der Waals surface area contributed by atoms with Crippen LogP contribution >= 0.6 is 0 Å². The minimum Gasteiger partial charge on any atom is -0.396 e. The van der Waals surface area contributed by atoms with E-state index in [0.29, 0.717) is 6.54 Å². The summed E-state index contributed by atoms with van der Waals surface area (Å²) in [5.41, 5.74) is 0.726. The Morgan fingerprint density at radius 2 is 1.86 bits per heavy atom. The summed E-state index contributed by atoms with van der Waals surface area (Å²) in [5, 5.41) is 24.0. The molecule has 1 rings (SSSR count). The smallest absolute Gasteiger partial charge is 0.315 e. The molecule has 2 atom stereocenters. The fourth-order valence-corrected chi connectivity index (χ4v) is 2.16. The maximum absolute atomic E-state index is 11.8. The molecule has 0 aromatic heterocycles. The van der Waals surface area contributed by atoms with Crippen molar-refractivity contribution in [3.63, 3.8) is 0 Å². The molecule has 0 aliphatic rings. The summed E-state index contributed by atoms with van der Waals surface area (Å²) < 4.78 is 0. The summed E-state index contributed by atoms with van der Waals surface area (Å²) in [6.07, 6.45) is 0. The standard InChI is InChI=1S/C16H26N2O3/c1-12(10-19)18-15(21)17-9-14(16(2,3)11-20)13-7-5-4-6-8-13/h4-8,12,14,19-20H,9-11H2,1-3H3,(H2,17,18,21)/t12-,14?/m0/s1. The molecule has 0 bridgehead atoms. The maximum Gasteiger partial charge on any atom is 0.315 e. The molecule has 5 heteroatoms. The molecule has 0 radical (unpaired) electrons. The number of aliphatic hydroxyl groups is 2. The monoisotopic (exact) mass is 294 g/mol. The molecule has 118 valence electrons. The molecular weight excluding hydrogens is 268 g/mol. The van der Waals surface area contributed by atoms with E-state index in [1.807, 2.05) is 44.2 Å². The number of carbonyl (C=O) groups excluding carboxylic acids is 1. The Morgan fingerprint density at radius 3 is 2.38 bits per heavy atom. The second-order valence-electron chi connectivity index (χ2n) is 6.05. The number of urea groups is 1. The highest BCUT2D eigenvalue weighted by Crippen LogP contribution is 2.34. The first-order chi connectivity index (χ1) is 9.90. The van der Waals surface area contributed by atoms with Crippen LogP contribution in [0, 0.1) is 5.41 Å². The molecule has 0 spiro atoms. The molecule has 0 fully saturated rings. The van der Waals surface area contributed by atoms with Crippen molar-refractivity contribution in [3.05, 3.63) is 35.9 Å². The Balaban J connectivity index is 2.74. The Kier molecular flexibility index (Phi) is 6.65. The number of carbonyl (C=O) groups is 1. The number of hydrogen-bond donors (Lipinski definition) is 4. The number of hydrogen-bond acceptors (Lipinski definition) is 3. The van der Waals surface area contributed by atoms with Crippen molar-refractivity contribution in [3.8, 4) is 0 Å². The zero-order chi connectivity index (χ0) is 15.9. The molecule has 0 saturated heterocycles. The van der Waals surface area contributed by atoms with E-state index >= 15 is 0 Å². The normalized spacial score (nSPS) is 14.3. The van der Waals surface area contributed by atoms with Gasteiger partial charge in [-0.1, -0.05) is 44.2 Å². The Labute approximate surface area is 126 Å². The third-order valence-corrected chi connectivity index (χ3v) is 3.67. The van der Waals surface area contributed by atoms with Crippen LogP contribution in [0.4, 0.5) is 4.79 Å². The molecule has 4 N–H and O–H groups in total. The predicted octanol–water partition coefficient (Wildman–Crippen LogP) is 1.47. The summed E-state index contributed by atoms with van der Waals surface area (Å²) in [6, 6.07) is 9.23. The minimum atomic E-state index is -0.350. The van der Waals surface area contributed by atoms with Gasteiger partial charge in [0.1, 0.15) is 0 Å². The fourth-order valence-electron chi connectivity index (χ4n) is 2.16. The van der Waals surface area contributed by atoms with Gasteiger partial charge in [-0.25, -0.2) is 4.79 Å². The van der Waals surface area contributed by atoms with E-state index in [4.69, 9.17) is 5.11 Å². The molecule has 1 aromatic rings. The van der Waals surface area contributed by atoms with Crippen LogP contribution in [0.15, 0.2) is 30.3 Å². The topological polar surface area (TPSA) is 81.6 Å². The highest BCUT2D eigenvalue weighted by atomic mass is 16.3. The first-order valence-corrected chi connectivity index (χ1v) is 7.21. The van der Waals surface area contributed by atoms with Gasteiger partial charge in [0.05, 0.1) is 12.6 Å². The zero-order valence-corrected chi connectivity index (χ0v) is 13.0. The third-order valence-electron chi connectivity index (χ3n) is 3.67. The van der Waals surface area contributed by atoms with Gasteiger partial charge < -0.3 is 20.8 Å². The molecule has 1 unspecified atom stereocenters. The number of amides is 2. The first kappa shape index (κ1) is 17.5. The number of benzene rings is 1. The van der Waals surface area contributed by atoms with Gasteiger partial charge in [0, 0.05) is 19.1 Å². The van der Waals surface area contributed by atoms with Gasteiger partial charge in [0.2, 0.25) is 0 Å². The van der Waals surface area contributed by atoms with Crippen LogP contribution in [0.25, 0.3) is 0 Å². The molecule has 1 aromatic carbocycles. The number of nitrogens with one attached hydrogen (secondary N) is 2.